The summed E-state index contributed by atoms with van der Waals surface area (Å²) >= 11 is 5.56. The fraction of sp³-hybridized carbons (Fsp3) is 0.667. The molecule has 0 aromatic carbocycles. The van der Waals surface area contributed by atoms with Crippen LogP contribution in [0.2, 0.25) is 0 Å². The van der Waals surface area contributed by atoms with Gasteiger partial charge in [-0.3, -0.25) is 33.6 Å². The molecule has 0 heterocycles. The standard InChI is InChI=1S/C21H33ClN4O11/c1-9(2)18(21(37)25-12(6-16(31)32)14(28)8-22)26-19(35)11(4-5-15(29)30)24-20(36)13(7-17(33)34)23-10(3)27/h9,11-14,18,28H,4-8H2,1-3H3,(H,23,27)(H,24,36)(H,25,37)(H,26,35)(H,29,30)(H,31,32)(H,33,34)/t11-,12-,13-,14+,18-/m0/s1. The molecular formula is C21H33ClN4O11. The zero-order valence-electron chi connectivity index (χ0n) is 20.5. The first-order valence-corrected chi connectivity index (χ1v) is 11.7. The minimum Gasteiger partial charge on any atom is -0.481 e. The van der Waals surface area contributed by atoms with Crippen molar-refractivity contribution in [1.29, 1.82) is 0 Å². The van der Waals surface area contributed by atoms with Gasteiger partial charge >= 0.3 is 17.9 Å². The lowest BCUT2D eigenvalue weighted by Gasteiger charge is -2.28. The summed E-state index contributed by atoms with van der Waals surface area (Å²) in [6.45, 7) is 4.12. The van der Waals surface area contributed by atoms with Crippen molar-refractivity contribution >= 4 is 53.1 Å². The van der Waals surface area contributed by atoms with Gasteiger partial charge in [-0.05, 0) is 12.3 Å². The molecule has 0 aromatic rings. The highest BCUT2D eigenvalue weighted by atomic mass is 35.5. The van der Waals surface area contributed by atoms with Crippen LogP contribution in [-0.2, 0) is 33.6 Å². The number of aliphatic carboxylic acids is 3. The highest BCUT2D eigenvalue weighted by molar-refractivity contribution is 6.18. The second-order valence-electron chi connectivity index (χ2n) is 8.51. The van der Waals surface area contributed by atoms with Gasteiger partial charge in [-0.1, -0.05) is 13.8 Å². The first kappa shape index (κ1) is 33.5. The summed E-state index contributed by atoms with van der Waals surface area (Å²) in [7, 11) is 0. The molecule has 0 radical (unpaired) electrons. The van der Waals surface area contributed by atoms with E-state index in [9.17, 15) is 38.7 Å². The number of carboxylic acids is 3. The molecule has 8 N–H and O–H groups in total. The van der Waals surface area contributed by atoms with Crippen molar-refractivity contribution in [3.8, 4) is 0 Å². The first-order chi connectivity index (χ1) is 17.1. The largest absolute Gasteiger partial charge is 0.481 e. The SMILES string of the molecule is CC(=O)N[C@@H](CC(=O)O)C(=O)N[C@@H](CCC(=O)O)C(=O)N[C@H](C(=O)N[C@@H](CC(=O)O)[C@H](O)CCl)C(C)C. The van der Waals surface area contributed by atoms with Crippen LogP contribution in [0.25, 0.3) is 0 Å². The Bertz CT molecular complexity index is 851. The number of carbonyl (C=O) groups is 7. The summed E-state index contributed by atoms with van der Waals surface area (Å²) in [5, 5.41) is 45.9. The third-order valence-electron chi connectivity index (χ3n) is 4.94. The van der Waals surface area contributed by atoms with Crippen molar-refractivity contribution in [3.05, 3.63) is 0 Å². The summed E-state index contributed by atoms with van der Waals surface area (Å²) in [5.41, 5.74) is 0. The van der Waals surface area contributed by atoms with Crippen molar-refractivity contribution in [2.75, 3.05) is 5.88 Å². The molecule has 16 heteroatoms. The fourth-order valence-corrected chi connectivity index (χ4v) is 3.29. The van der Waals surface area contributed by atoms with Crippen LogP contribution in [0.15, 0.2) is 0 Å². The van der Waals surface area contributed by atoms with Gasteiger partial charge in [-0.25, -0.2) is 0 Å². The van der Waals surface area contributed by atoms with Crippen LogP contribution in [0.1, 0.15) is 46.5 Å². The number of alkyl halides is 1. The molecule has 0 bridgehead atoms. The highest BCUT2D eigenvalue weighted by Crippen LogP contribution is 2.09. The smallest absolute Gasteiger partial charge is 0.305 e. The van der Waals surface area contributed by atoms with E-state index in [1.165, 1.54) is 0 Å². The zero-order chi connectivity index (χ0) is 28.9. The Hall–Kier alpha value is -3.46. The molecule has 0 saturated heterocycles. The monoisotopic (exact) mass is 552 g/mol. The van der Waals surface area contributed by atoms with Crippen LogP contribution in [0, 0.1) is 5.92 Å². The molecule has 5 atom stereocenters. The molecule has 0 aliphatic rings. The number of carboxylic acid groups (broad SMARTS) is 3. The van der Waals surface area contributed by atoms with Crippen molar-refractivity contribution in [2.24, 2.45) is 5.92 Å². The number of rotatable bonds is 17. The summed E-state index contributed by atoms with van der Waals surface area (Å²) in [6, 6.07) is -5.68. The second kappa shape index (κ2) is 16.3. The van der Waals surface area contributed by atoms with Crippen LogP contribution >= 0.6 is 11.6 Å². The summed E-state index contributed by atoms with van der Waals surface area (Å²) in [5.74, 6) is -8.68. The molecule has 0 saturated carbocycles. The third-order valence-corrected chi connectivity index (χ3v) is 5.26. The molecule has 37 heavy (non-hydrogen) atoms. The normalized spacial score (nSPS) is 14.9. The maximum absolute atomic E-state index is 13.0. The molecule has 0 rings (SSSR count). The van der Waals surface area contributed by atoms with Crippen molar-refractivity contribution in [3.63, 3.8) is 0 Å². The highest BCUT2D eigenvalue weighted by Gasteiger charge is 2.33. The van der Waals surface area contributed by atoms with E-state index in [1.54, 1.807) is 13.8 Å². The Kier molecular flexibility index (Phi) is 14.8. The van der Waals surface area contributed by atoms with Gasteiger partial charge in [0.25, 0.3) is 0 Å². The Morgan fingerprint density at radius 1 is 0.730 bits per heavy atom. The fourth-order valence-electron chi connectivity index (χ4n) is 3.08. The van der Waals surface area contributed by atoms with Crippen LogP contribution in [-0.4, -0.2) is 98.1 Å². The van der Waals surface area contributed by atoms with E-state index < -0.39 is 103 Å². The van der Waals surface area contributed by atoms with Gasteiger partial charge in [0.1, 0.15) is 18.1 Å². The number of halogens is 1. The minimum absolute atomic E-state index is 0.383. The average molecular weight is 553 g/mol. The van der Waals surface area contributed by atoms with Crippen LogP contribution < -0.4 is 21.3 Å². The number of aliphatic hydroxyl groups excluding tert-OH is 1. The maximum atomic E-state index is 13.0. The van der Waals surface area contributed by atoms with Gasteiger partial charge in [0, 0.05) is 13.3 Å². The zero-order valence-corrected chi connectivity index (χ0v) is 21.3. The van der Waals surface area contributed by atoms with E-state index in [4.69, 9.17) is 26.9 Å². The third kappa shape index (κ3) is 13.4. The molecule has 0 aliphatic carbocycles. The van der Waals surface area contributed by atoms with Crippen molar-refractivity contribution < 1.29 is 54.0 Å². The van der Waals surface area contributed by atoms with Gasteiger partial charge in [-0.2, -0.15) is 0 Å². The van der Waals surface area contributed by atoms with E-state index in [-0.39, 0.29) is 5.88 Å². The predicted molar refractivity (Wildman–Crippen MR) is 126 cm³/mol. The van der Waals surface area contributed by atoms with Gasteiger partial charge in [-0.15, -0.1) is 11.6 Å². The maximum Gasteiger partial charge on any atom is 0.305 e. The number of hydrogen-bond donors (Lipinski definition) is 8. The number of carbonyl (C=O) groups excluding carboxylic acids is 4. The topological polar surface area (TPSA) is 249 Å². The van der Waals surface area contributed by atoms with Gasteiger partial charge in [0.05, 0.1) is 30.9 Å². The molecule has 0 spiro atoms. The molecule has 0 unspecified atom stereocenters. The first-order valence-electron chi connectivity index (χ1n) is 11.2. The molecular weight excluding hydrogens is 520 g/mol. The second-order valence-corrected chi connectivity index (χ2v) is 8.82. The number of nitrogens with one attached hydrogen (secondary N) is 4. The Morgan fingerprint density at radius 2 is 1.27 bits per heavy atom. The van der Waals surface area contributed by atoms with E-state index >= 15 is 0 Å². The lowest BCUT2D eigenvalue weighted by atomic mass is 10.0. The van der Waals surface area contributed by atoms with Crippen molar-refractivity contribution in [1.82, 2.24) is 21.3 Å². The van der Waals surface area contributed by atoms with Crippen LogP contribution in [0.4, 0.5) is 0 Å². The molecule has 0 aromatic heterocycles. The summed E-state index contributed by atoms with van der Waals surface area (Å²) < 4.78 is 0. The number of amides is 4. The van der Waals surface area contributed by atoms with Gasteiger partial charge < -0.3 is 41.7 Å². The van der Waals surface area contributed by atoms with E-state index in [2.05, 4.69) is 21.3 Å². The lowest BCUT2D eigenvalue weighted by Crippen LogP contribution is -2.59. The van der Waals surface area contributed by atoms with E-state index in [0.29, 0.717) is 0 Å². The number of aliphatic hydroxyl groups is 1. The minimum atomic E-state index is -1.56. The lowest BCUT2D eigenvalue weighted by molar-refractivity contribution is -0.141. The molecule has 15 nitrogen and oxygen atoms in total. The average Bonchev–Trinajstić information content (AvgIpc) is 2.76. The Balaban J connectivity index is 5.77. The molecule has 0 fully saturated rings. The van der Waals surface area contributed by atoms with E-state index in [0.717, 1.165) is 6.92 Å². The van der Waals surface area contributed by atoms with Crippen molar-refractivity contribution in [2.45, 2.75) is 76.7 Å². The van der Waals surface area contributed by atoms with Crippen LogP contribution in [0.3, 0.4) is 0 Å². The van der Waals surface area contributed by atoms with Gasteiger partial charge in [0.15, 0.2) is 0 Å². The van der Waals surface area contributed by atoms with Crippen LogP contribution in [0.5, 0.6) is 0 Å². The Morgan fingerprint density at radius 3 is 1.70 bits per heavy atom. The Labute approximate surface area is 217 Å². The quantitative estimate of drug-likeness (QED) is 0.0917. The molecule has 4 amide bonds. The van der Waals surface area contributed by atoms with E-state index in [1.807, 2.05) is 0 Å². The predicted octanol–water partition coefficient (Wildman–Crippen LogP) is -1.98. The summed E-state index contributed by atoms with van der Waals surface area (Å²) in [4.78, 5) is 82.9. The van der Waals surface area contributed by atoms with Gasteiger partial charge in [0.2, 0.25) is 23.6 Å². The summed E-state index contributed by atoms with van der Waals surface area (Å²) in [6.07, 6.45) is -3.91. The number of hydrogen-bond acceptors (Lipinski definition) is 8. The molecule has 0 aliphatic heterocycles. The molecule has 210 valence electrons.